The van der Waals surface area contributed by atoms with Crippen LogP contribution in [0.25, 0.3) is 0 Å². The Morgan fingerprint density at radius 3 is 2.87 bits per heavy atom. The first-order valence-corrected chi connectivity index (χ1v) is 10.3. The number of hydrogen-bond acceptors (Lipinski definition) is 4. The summed E-state index contributed by atoms with van der Waals surface area (Å²) in [4.78, 5) is 23.7. The van der Waals surface area contributed by atoms with E-state index in [1.165, 1.54) is 12.1 Å². The van der Waals surface area contributed by atoms with Crippen LogP contribution in [0.4, 0.5) is 4.39 Å². The van der Waals surface area contributed by atoms with E-state index in [4.69, 9.17) is 4.74 Å². The topological polar surface area (TPSA) is 55.3 Å². The molecule has 1 aromatic heterocycles. The van der Waals surface area contributed by atoms with E-state index in [0.717, 1.165) is 36.1 Å². The standard InChI is InChI=1S/C24H22FN3O2/c25-17-5-8-19(9-6-17)30-20-3-1-2-16(12-20)4-11-24(29)28-18-7-10-23(28)21-14-26-15-27-22(21)13-18/h1-3,5-6,8-9,12,14-15,18,23H,4,7,10-11,13H2/t18-,23-/m0/s1. The maximum absolute atomic E-state index is 13.1. The van der Waals surface area contributed by atoms with Crippen LogP contribution in [0.5, 0.6) is 11.5 Å². The SMILES string of the molecule is O=C(CCc1cccc(Oc2ccc(F)cc2)c1)N1[C@H]2CC[C@H]1c1cncnc1C2. The van der Waals surface area contributed by atoms with Crippen molar-refractivity contribution in [2.24, 2.45) is 0 Å². The Morgan fingerprint density at radius 2 is 2.00 bits per heavy atom. The molecule has 0 spiro atoms. The van der Waals surface area contributed by atoms with Crippen LogP contribution in [0.15, 0.2) is 61.1 Å². The van der Waals surface area contributed by atoms with Crippen molar-refractivity contribution in [3.8, 4) is 11.5 Å². The zero-order valence-electron chi connectivity index (χ0n) is 16.5. The lowest BCUT2D eigenvalue weighted by molar-refractivity contribution is -0.134. The molecule has 3 heterocycles. The highest BCUT2D eigenvalue weighted by molar-refractivity contribution is 5.78. The third-order valence-electron chi connectivity index (χ3n) is 5.98. The largest absolute Gasteiger partial charge is 0.457 e. The van der Waals surface area contributed by atoms with Crippen molar-refractivity contribution < 1.29 is 13.9 Å². The molecule has 3 aromatic rings. The number of ether oxygens (including phenoxy) is 1. The molecule has 0 radical (unpaired) electrons. The van der Waals surface area contributed by atoms with Gasteiger partial charge in [0.2, 0.25) is 5.91 Å². The van der Waals surface area contributed by atoms with Crippen LogP contribution in [0.3, 0.4) is 0 Å². The highest BCUT2D eigenvalue weighted by Gasteiger charge is 2.42. The summed E-state index contributed by atoms with van der Waals surface area (Å²) in [6.07, 6.45) is 7.39. The molecule has 2 aromatic carbocycles. The molecule has 0 aliphatic carbocycles. The molecule has 2 atom stereocenters. The third kappa shape index (κ3) is 3.65. The Kier molecular flexibility index (Phi) is 4.91. The molecular formula is C24H22FN3O2. The number of rotatable bonds is 5. The van der Waals surface area contributed by atoms with Gasteiger partial charge >= 0.3 is 0 Å². The molecule has 6 heteroatoms. The maximum atomic E-state index is 13.1. The van der Waals surface area contributed by atoms with E-state index < -0.39 is 0 Å². The highest BCUT2D eigenvalue weighted by atomic mass is 19.1. The summed E-state index contributed by atoms with van der Waals surface area (Å²) in [6, 6.07) is 14.0. The fourth-order valence-electron chi connectivity index (χ4n) is 4.59. The van der Waals surface area contributed by atoms with Gasteiger partial charge in [0.25, 0.3) is 0 Å². The number of benzene rings is 2. The number of halogens is 1. The van der Waals surface area contributed by atoms with Gasteiger partial charge in [-0.2, -0.15) is 0 Å². The molecule has 2 aliphatic rings. The first kappa shape index (κ1) is 18.7. The molecular weight excluding hydrogens is 381 g/mol. The summed E-state index contributed by atoms with van der Waals surface area (Å²) in [5.41, 5.74) is 3.23. The smallest absolute Gasteiger partial charge is 0.223 e. The molecule has 5 nitrogen and oxygen atoms in total. The van der Waals surface area contributed by atoms with Crippen LogP contribution in [0.2, 0.25) is 0 Å². The number of carbonyl (C=O) groups excluding carboxylic acids is 1. The summed E-state index contributed by atoms with van der Waals surface area (Å²) in [6.45, 7) is 0. The highest BCUT2D eigenvalue weighted by Crippen LogP contribution is 2.43. The van der Waals surface area contributed by atoms with Gasteiger partial charge in [0.05, 0.1) is 11.7 Å². The molecule has 0 saturated carbocycles. The molecule has 2 bridgehead atoms. The Hall–Kier alpha value is -3.28. The monoisotopic (exact) mass is 403 g/mol. The Balaban J connectivity index is 1.24. The normalized spacial score (nSPS) is 19.4. The van der Waals surface area contributed by atoms with Crippen LogP contribution in [-0.4, -0.2) is 26.8 Å². The minimum atomic E-state index is -0.296. The van der Waals surface area contributed by atoms with Crippen molar-refractivity contribution in [1.82, 2.24) is 14.9 Å². The van der Waals surface area contributed by atoms with Crippen LogP contribution < -0.4 is 4.74 Å². The lowest BCUT2D eigenvalue weighted by Crippen LogP contribution is -2.42. The van der Waals surface area contributed by atoms with Gasteiger partial charge in [-0.15, -0.1) is 0 Å². The second-order valence-corrected chi connectivity index (χ2v) is 7.88. The van der Waals surface area contributed by atoms with Crippen LogP contribution in [-0.2, 0) is 17.6 Å². The average molecular weight is 403 g/mol. The fraction of sp³-hybridized carbons (Fsp3) is 0.292. The lowest BCUT2D eigenvalue weighted by Gasteiger charge is -2.35. The van der Waals surface area contributed by atoms with E-state index in [2.05, 4.69) is 14.9 Å². The molecule has 2 aliphatic heterocycles. The van der Waals surface area contributed by atoms with E-state index in [0.29, 0.717) is 24.3 Å². The van der Waals surface area contributed by atoms with E-state index in [-0.39, 0.29) is 23.8 Å². The quantitative estimate of drug-likeness (QED) is 0.623. The second kappa shape index (κ2) is 7.86. The van der Waals surface area contributed by atoms with E-state index in [1.54, 1.807) is 18.5 Å². The number of fused-ring (bicyclic) bond motifs is 4. The third-order valence-corrected chi connectivity index (χ3v) is 5.98. The Morgan fingerprint density at radius 1 is 1.13 bits per heavy atom. The summed E-state index contributed by atoms with van der Waals surface area (Å²) in [5.74, 6) is 1.14. The van der Waals surface area contributed by atoms with Crippen LogP contribution >= 0.6 is 0 Å². The second-order valence-electron chi connectivity index (χ2n) is 7.88. The van der Waals surface area contributed by atoms with Gasteiger partial charge in [0.15, 0.2) is 0 Å². The van der Waals surface area contributed by atoms with Gasteiger partial charge in [-0.3, -0.25) is 4.79 Å². The lowest BCUT2D eigenvalue weighted by atomic mass is 9.98. The van der Waals surface area contributed by atoms with Gasteiger partial charge < -0.3 is 9.64 Å². The summed E-state index contributed by atoms with van der Waals surface area (Å²) in [7, 11) is 0. The summed E-state index contributed by atoms with van der Waals surface area (Å²) in [5, 5.41) is 0. The van der Waals surface area contributed by atoms with Crippen molar-refractivity contribution in [3.63, 3.8) is 0 Å². The molecule has 0 N–H and O–H groups in total. The summed E-state index contributed by atoms with van der Waals surface area (Å²) >= 11 is 0. The number of carbonyl (C=O) groups is 1. The molecule has 1 saturated heterocycles. The van der Waals surface area contributed by atoms with E-state index in [9.17, 15) is 9.18 Å². The minimum Gasteiger partial charge on any atom is -0.457 e. The maximum Gasteiger partial charge on any atom is 0.223 e. The van der Waals surface area contributed by atoms with E-state index in [1.807, 2.05) is 30.5 Å². The predicted molar refractivity (Wildman–Crippen MR) is 110 cm³/mol. The van der Waals surface area contributed by atoms with Gasteiger partial charge in [-0.1, -0.05) is 12.1 Å². The van der Waals surface area contributed by atoms with Crippen LogP contribution in [0, 0.1) is 5.82 Å². The first-order chi connectivity index (χ1) is 14.7. The predicted octanol–water partition coefficient (Wildman–Crippen LogP) is 4.63. The van der Waals surface area contributed by atoms with Gasteiger partial charge in [0, 0.05) is 30.6 Å². The number of aromatic nitrogens is 2. The average Bonchev–Trinajstić information content (AvgIpc) is 3.09. The number of amides is 1. The van der Waals surface area contributed by atoms with Crippen molar-refractivity contribution >= 4 is 5.91 Å². The van der Waals surface area contributed by atoms with Gasteiger partial charge in [-0.25, -0.2) is 14.4 Å². The zero-order chi connectivity index (χ0) is 20.5. The van der Waals surface area contributed by atoms with Gasteiger partial charge in [-0.05, 0) is 61.2 Å². The molecule has 5 rings (SSSR count). The zero-order valence-corrected chi connectivity index (χ0v) is 16.5. The number of aryl methyl sites for hydroxylation is 1. The number of nitrogens with zero attached hydrogens (tertiary/aromatic N) is 3. The van der Waals surface area contributed by atoms with Crippen LogP contribution in [0.1, 0.15) is 42.1 Å². The molecule has 1 fully saturated rings. The van der Waals surface area contributed by atoms with Crippen molar-refractivity contribution in [1.29, 1.82) is 0 Å². The minimum absolute atomic E-state index is 0.112. The van der Waals surface area contributed by atoms with E-state index >= 15 is 0 Å². The molecule has 1 amide bonds. The van der Waals surface area contributed by atoms with Crippen molar-refractivity contribution in [2.75, 3.05) is 0 Å². The molecule has 30 heavy (non-hydrogen) atoms. The Labute approximate surface area is 174 Å². The number of hydrogen-bond donors (Lipinski definition) is 0. The first-order valence-electron chi connectivity index (χ1n) is 10.3. The molecule has 0 unspecified atom stereocenters. The summed E-state index contributed by atoms with van der Waals surface area (Å²) < 4.78 is 18.9. The molecule has 152 valence electrons. The fourth-order valence-corrected chi connectivity index (χ4v) is 4.59. The Bertz CT molecular complexity index is 1070. The van der Waals surface area contributed by atoms with Crippen molar-refractivity contribution in [2.45, 2.75) is 44.2 Å². The van der Waals surface area contributed by atoms with Crippen molar-refractivity contribution in [3.05, 3.63) is 83.7 Å². The van der Waals surface area contributed by atoms with Gasteiger partial charge in [0.1, 0.15) is 23.6 Å².